The van der Waals surface area contributed by atoms with E-state index in [1.54, 1.807) is 22.1 Å². The molecule has 4 fully saturated rings. The quantitative estimate of drug-likeness (QED) is 0.613. The van der Waals surface area contributed by atoms with Crippen molar-refractivity contribution >= 4 is 17.7 Å². The van der Waals surface area contributed by atoms with Gasteiger partial charge in [0.15, 0.2) is 0 Å². The molecule has 8 nitrogen and oxygen atoms in total. The van der Waals surface area contributed by atoms with Gasteiger partial charge in [0.25, 0.3) is 5.91 Å². The number of amides is 3. The van der Waals surface area contributed by atoms with Gasteiger partial charge in [0.05, 0.1) is 35.1 Å². The number of rotatable bonds is 5. The topological polar surface area (TPSA) is 87.5 Å². The molecule has 0 radical (unpaired) electrons. The standard InChI is InChI=1S/C28H32F3N5O3/c29-28(30,31)21-5-2-1-4-19(21)23-6-3-13-35(23)26(38)20-16-32-36(25(20)17-7-8-17)18-11-14-34(15-12-18)27(39)22-9-10-24(37)33-22/h1-2,4-5,16-18,22-23H,3,6-15H2,(H,33,37). The number of carbonyl (C=O) groups is 3. The first kappa shape index (κ1) is 25.9. The smallest absolute Gasteiger partial charge is 0.344 e. The minimum absolute atomic E-state index is 0.0321. The second-order valence-corrected chi connectivity index (χ2v) is 11.1. The van der Waals surface area contributed by atoms with E-state index in [2.05, 4.69) is 10.4 Å². The van der Waals surface area contributed by atoms with Crippen LogP contribution in [0.25, 0.3) is 0 Å². The number of alkyl halides is 3. The van der Waals surface area contributed by atoms with Crippen molar-refractivity contribution in [3.05, 3.63) is 52.8 Å². The number of benzene rings is 1. The van der Waals surface area contributed by atoms with E-state index in [9.17, 15) is 27.6 Å². The molecule has 11 heteroatoms. The maximum atomic E-state index is 13.9. The third-order valence-electron chi connectivity index (χ3n) is 8.58. The summed E-state index contributed by atoms with van der Waals surface area (Å²) in [4.78, 5) is 41.6. The molecule has 1 aromatic carbocycles. The molecule has 1 aromatic heterocycles. The molecule has 2 aromatic rings. The van der Waals surface area contributed by atoms with Gasteiger partial charge < -0.3 is 15.1 Å². The highest BCUT2D eigenvalue weighted by atomic mass is 19.4. The molecule has 2 atom stereocenters. The summed E-state index contributed by atoms with van der Waals surface area (Å²) in [5.74, 6) is -0.180. The number of aromatic nitrogens is 2. The van der Waals surface area contributed by atoms with Crippen LogP contribution in [-0.4, -0.2) is 63.0 Å². The predicted octanol–water partition coefficient (Wildman–Crippen LogP) is 4.20. The molecule has 0 bridgehead atoms. The minimum Gasteiger partial charge on any atom is -0.344 e. The molecule has 1 N–H and O–H groups in total. The van der Waals surface area contributed by atoms with Crippen LogP contribution in [0, 0.1) is 0 Å². The zero-order chi connectivity index (χ0) is 27.3. The van der Waals surface area contributed by atoms with E-state index in [1.807, 2.05) is 4.68 Å². The lowest BCUT2D eigenvalue weighted by Gasteiger charge is -2.34. The van der Waals surface area contributed by atoms with Crippen LogP contribution in [0.15, 0.2) is 30.5 Å². The third-order valence-corrected chi connectivity index (χ3v) is 8.58. The molecule has 2 unspecified atom stereocenters. The highest BCUT2D eigenvalue weighted by Crippen LogP contribution is 2.45. The largest absolute Gasteiger partial charge is 0.416 e. The van der Waals surface area contributed by atoms with Crippen LogP contribution in [0.4, 0.5) is 13.2 Å². The number of piperidine rings is 1. The zero-order valence-corrected chi connectivity index (χ0v) is 21.6. The summed E-state index contributed by atoms with van der Waals surface area (Å²) in [7, 11) is 0. The Morgan fingerprint density at radius 1 is 0.974 bits per heavy atom. The molecular weight excluding hydrogens is 511 g/mol. The highest BCUT2D eigenvalue weighted by Gasteiger charge is 2.42. The summed E-state index contributed by atoms with van der Waals surface area (Å²) >= 11 is 0. The van der Waals surface area contributed by atoms with E-state index < -0.39 is 23.8 Å². The Hall–Kier alpha value is -3.37. The summed E-state index contributed by atoms with van der Waals surface area (Å²) in [6.45, 7) is 1.50. The Morgan fingerprint density at radius 2 is 1.72 bits per heavy atom. The van der Waals surface area contributed by atoms with Crippen molar-refractivity contribution in [2.75, 3.05) is 19.6 Å². The van der Waals surface area contributed by atoms with Gasteiger partial charge in [-0.15, -0.1) is 0 Å². The van der Waals surface area contributed by atoms with Crippen molar-refractivity contribution in [2.45, 2.75) is 81.6 Å². The van der Waals surface area contributed by atoms with Crippen molar-refractivity contribution in [1.82, 2.24) is 24.9 Å². The number of carbonyl (C=O) groups excluding carboxylic acids is 3. The molecule has 3 aliphatic heterocycles. The fourth-order valence-electron chi connectivity index (χ4n) is 6.48. The van der Waals surface area contributed by atoms with Crippen molar-refractivity contribution < 1.29 is 27.6 Å². The second kappa shape index (κ2) is 9.98. The lowest BCUT2D eigenvalue weighted by Crippen LogP contribution is -2.47. The Kier molecular flexibility index (Phi) is 6.63. The molecule has 4 heterocycles. The lowest BCUT2D eigenvalue weighted by molar-refractivity contribution is -0.138. The maximum Gasteiger partial charge on any atom is 0.416 e. The number of likely N-dealkylation sites (tertiary alicyclic amines) is 2. The third kappa shape index (κ3) is 4.91. The number of halogens is 3. The average molecular weight is 544 g/mol. The van der Waals surface area contributed by atoms with Crippen LogP contribution in [-0.2, 0) is 15.8 Å². The summed E-state index contributed by atoms with van der Waals surface area (Å²) in [6.07, 6.45) is 2.41. The van der Waals surface area contributed by atoms with Crippen molar-refractivity contribution in [3.8, 4) is 0 Å². The molecule has 3 amide bonds. The average Bonchev–Trinajstić information content (AvgIpc) is 3.30. The molecule has 6 rings (SSSR count). The fraction of sp³-hybridized carbons (Fsp3) is 0.571. The summed E-state index contributed by atoms with van der Waals surface area (Å²) < 4.78 is 43.2. The van der Waals surface area contributed by atoms with Gasteiger partial charge in [-0.25, -0.2) is 0 Å². The van der Waals surface area contributed by atoms with E-state index in [0.717, 1.165) is 24.6 Å². The van der Waals surface area contributed by atoms with E-state index in [0.29, 0.717) is 63.7 Å². The first-order chi connectivity index (χ1) is 18.7. The molecule has 0 spiro atoms. The van der Waals surface area contributed by atoms with E-state index >= 15 is 0 Å². The Balaban J connectivity index is 1.20. The first-order valence-corrected chi connectivity index (χ1v) is 13.8. The highest BCUT2D eigenvalue weighted by molar-refractivity contribution is 5.96. The van der Waals surface area contributed by atoms with Crippen molar-refractivity contribution in [2.24, 2.45) is 0 Å². The van der Waals surface area contributed by atoms with Gasteiger partial charge in [-0.1, -0.05) is 18.2 Å². The Labute approximate surface area is 224 Å². The van der Waals surface area contributed by atoms with Gasteiger partial charge in [0.2, 0.25) is 11.8 Å². The van der Waals surface area contributed by atoms with E-state index in [-0.39, 0.29) is 35.2 Å². The normalized spacial score (nSPS) is 24.3. The van der Waals surface area contributed by atoms with Gasteiger partial charge in [0.1, 0.15) is 6.04 Å². The van der Waals surface area contributed by atoms with Gasteiger partial charge in [0, 0.05) is 32.0 Å². The number of hydrogen-bond acceptors (Lipinski definition) is 4. The molecule has 1 aliphatic carbocycles. The van der Waals surface area contributed by atoms with Crippen molar-refractivity contribution in [1.29, 1.82) is 0 Å². The van der Waals surface area contributed by atoms with Crippen LogP contribution in [0.1, 0.15) is 96.5 Å². The number of nitrogens with zero attached hydrogens (tertiary/aromatic N) is 4. The molecule has 39 heavy (non-hydrogen) atoms. The van der Waals surface area contributed by atoms with Gasteiger partial charge in [-0.2, -0.15) is 18.3 Å². The first-order valence-electron chi connectivity index (χ1n) is 13.8. The van der Waals surface area contributed by atoms with Gasteiger partial charge >= 0.3 is 6.18 Å². The van der Waals surface area contributed by atoms with Crippen LogP contribution < -0.4 is 5.32 Å². The summed E-state index contributed by atoms with van der Waals surface area (Å²) in [6, 6.07) is 4.50. The summed E-state index contributed by atoms with van der Waals surface area (Å²) in [5, 5.41) is 7.38. The van der Waals surface area contributed by atoms with Gasteiger partial charge in [-0.3, -0.25) is 19.1 Å². The monoisotopic (exact) mass is 543 g/mol. The fourth-order valence-corrected chi connectivity index (χ4v) is 6.48. The van der Waals surface area contributed by atoms with Crippen LogP contribution in [0.5, 0.6) is 0 Å². The zero-order valence-electron chi connectivity index (χ0n) is 21.6. The van der Waals surface area contributed by atoms with Gasteiger partial charge in [-0.05, 0) is 56.6 Å². The number of hydrogen-bond donors (Lipinski definition) is 1. The van der Waals surface area contributed by atoms with Crippen LogP contribution >= 0.6 is 0 Å². The van der Waals surface area contributed by atoms with E-state index in [4.69, 9.17) is 0 Å². The molecule has 1 saturated carbocycles. The van der Waals surface area contributed by atoms with Crippen LogP contribution in [0.3, 0.4) is 0 Å². The molecule has 3 saturated heterocycles. The van der Waals surface area contributed by atoms with E-state index in [1.165, 1.54) is 12.1 Å². The maximum absolute atomic E-state index is 13.9. The lowest BCUT2D eigenvalue weighted by atomic mass is 9.97. The molecular formula is C28H32F3N5O3. The predicted molar refractivity (Wildman–Crippen MR) is 135 cm³/mol. The Bertz CT molecular complexity index is 1280. The molecule has 208 valence electrons. The van der Waals surface area contributed by atoms with Crippen LogP contribution in [0.2, 0.25) is 0 Å². The second-order valence-electron chi connectivity index (χ2n) is 11.1. The number of nitrogens with one attached hydrogen (secondary N) is 1. The summed E-state index contributed by atoms with van der Waals surface area (Å²) in [5.41, 5.74) is 0.821. The minimum atomic E-state index is -4.49. The SMILES string of the molecule is O=C1CCC(C(=O)N2CCC(n3ncc(C(=O)N4CCCC4c4ccccc4C(F)(F)F)c3C3CC3)CC2)N1. The Morgan fingerprint density at radius 3 is 2.38 bits per heavy atom. The molecule has 4 aliphatic rings. The van der Waals surface area contributed by atoms with Crippen molar-refractivity contribution in [3.63, 3.8) is 0 Å².